The highest BCUT2D eigenvalue weighted by molar-refractivity contribution is 5.85. The molecule has 0 bridgehead atoms. The molecule has 0 amide bonds. The summed E-state index contributed by atoms with van der Waals surface area (Å²) < 4.78 is 6.65. The van der Waals surface area contributed by atoms with Crippen LogP contribution in [0.4, 0.5) is 0 Å². The van der Waals surface area contributed by atoms with Crippen molar-refractivity contribution in [2.24, 2.45) is 45.3 Å². The first-order chi connectivity index (χ1) is 15.5. The molecule has 4 aliphatic carbocycles. The van der Waals surface area contributed by atoms with Crippen LogP contribution in [-0.2, 0) is 9.53 Å². The lowest BCUT2D eigenvalue weighted by atomic mass is 9.35. The Morgan fingerprint density at radius 2 is 1.53 bits per heavy atom. The van der Waals surface area contributed by atoms with Gasteiger partial charge in [-0.1, -0.05) is 34.6 Å². The van der Waals surface area contributed by atoms with Crippen LogP contribution in [0.1, 0.15) is 113 Å². The van der Waals surface area contributed by atoms with E-state index < -0.39 is 5.60 Å². The van der Waals surface area contributed by atoms with Gasteiger partial charge in [-0.2, -0.15) is 0 Å². The normalized spacial score (nSPS) is 54.9. The average molecular weight is 475 g/mol. The zero-order valence-corrected chi connectivity index (χ0v) is 23.0. The van der Waals surface area contributed by atoms with E-state index in [-0.39, 0.29) is 45.4 Å². The van der Waals surface area contributed by atoms with Gasteiger partial charge in [-0.3, -0.25) is 4.79 Å². The summed E-state index contributed by atoms with van der Waals surface area (Å²) in [5.41, 5.74) is -1.03. The first-order valence-corrected chi connectivity index (χ1v) is 14.1. The largest absolute Gasteiger partial charge is 0.393 e. The fourth-order valence-corrected chi connectivity index (χ4v) is 10.9. The highest BCUT2D eigenvalue weighted by Gasteiger charge is 2.71. The fourth-order valence-electron chi connectivity index (χ4n) is 10.9. The Kier molecular flexibility index (Phi) is 5.42. The maximum Gasteiger partial charge on any atom is 0.138 e. The van der Waals surface area contributed by atoms with Gasteiger partial charge in [0.1, 0.15) is 5.78 Å². The number of aliphatic hydroxyl groups excluding tert-OH is 1. The van der Waals surface area contributed by atoms with Gasteiger partial charge in [0, 0.05) is 11.8 Å². The molecule has 0 spiro atoms. The second kappa shape index (κ2) is 7.32. The number of aliphatic hydroxyl groups is 2. The lowest BCUT2D eigenvalue weighted by Crippen LogP contribution is -2.66. The summed E-state index contributed by atoms with van der Waals surface area (Å²) in [6, 6.07) is 0. The lowest BCUT2D eigenvalue weighted by Gasteiger charge is -2.69. The predicted molar refractivity (Wildman–Crippen MR) is 134 cm³/mol. The molecule has 5 rings (SSSR count). The number of Topliss-reactive ketones (excluding diaryl/α,β-unsaturated/α-hetero) is 1. The standard InChI is InChI=1S/C30H50O4/c1-25(2)20-10-15-28(6)21(27(20,5)13-11-22(25)32)17-19(31)24-18(9-14-29(24,28)7)30(8)16-12-23(34-30)26(3,4)33/h18-21,23-24,31,33H,9-17H2,1-8H3/t18-,19?,20?,21+,23+,24?,27-,28+,29-,30-/m0/s1. The molecule has 1 aliphatic heterocycles. The van der Waals surface area contributed by atoms with Crippen LogP contribution < -0.4 is 0 Å². The minimum absolute atomic E-state index is 0.0682. The Labute approximate surface area is 207 Å². The molecular weight excluding hydrogens is 424 g/mol. The van der Waals surface area contributed by atoms with E-state index in [2.05, 4.69) is 41.5 Å². The maximum absolute atomic E-state index is 12.9. The van der Waals surface area contributed by atoms with Gasteiger partial charge in [-0.15, -0.1) is 0 Å². The van der Waals surface area contributed by atoms with Crippen molar-refractivity contribution in [1.82, 2.24) is 0 Å². The molecule has 0 radical (unpaired) electrons. The summed E-state index contributed by atoms with van der Waals surface area (Å²) in [7, 11) is 0. The van der Waals surface area contributed by atoms with E-state index in [9.17, 15) is 15.0 Å². The first kappa shape index (κ1) is 25.2. The van der Waals surface area contributed by atoms with Gasteiger partial charge in [-0.05, 0) is 112 Å². The van der Waals surface area contributed by atoms with Crippen molar-refractivity contribution in [2.75, 3.05) is 0 Å². The van der Waals surface area contributed by atoms with Crippen molar-refractivity contribution in [2.45, 2.75) is 137 Å². The molecule has 4 heteroatoms. The number of hydrogen-bond donors (Lipinski definition) is 2. The van der Waals surface area contributed by atoms with Crippen molar-refractivity contribution in [3.8, 4) is 0 Å². The van der Waals surface area contributed by atoms with Crippen molar-refractivity contribution >= 4 is 5.78 Å². The molecule has 0 aromatic rings. The zero-order chi connectivity index (χ0) is 25.1. The molecule has 194 valence electrons. The Balaban J connectivity index is 1.49. The Bertz CT molecular complexity index is 858. The first-order valence-electron chi connectivity index (χ1n) is 14.1. The average Bonchev–Trinajstić information content (AvgIpc) is 3.30. The number of rotatable bonds is 2. The quantitative estimate of drug-likeness (QED) is 0.521. The van der Waals surface area contributed by atoms with E-state index in [1.807, 2.05) is 13.8 Å². The van der Waals surface area contributed by atoms with Crippen molar-refractivity contribution in [3.63, 3.8) is 0 Å². The second-order valence-corrected chi connectivity index (χ2v) is 15.2. The molecule has 0 aromatic heterocycles. The van der Waals surface area contributed by atoms with Crippen LogP contribution in [0.2, 0.25) is 0 Å². The summed E-state index contributed by atoms with van der Waals surface area (Å²) in [6.07, 6.45) is 8.43. The highest BCUT2D eigenvalue weighted by Crippen LogP contribution is 2.75. The Hall–Kier alpha value is -0.450. The third-order valence-electron chi connectivity index (χ3n) is 13.0. The number of fused-ring (bicyclic) bond motifs is 5. The van der Waals surface area contributed by atoms with Gasteiger partial charge < -0.3 is 14.9 Å². The maximum atomic E-state index is 12.9. The topological polar surface area (TPSA) is 66.8 Å². The van der Waals surface area contributed by atoms with Crippen LogP contribution in [0.15, 0.2) is 0 Å². The Morgan fingerprint density at radius 1 is 0.882 bits per heavy atom. The van der Waals surface area contributed by atoms with Gasteiger partial charge in [0.15, 0.2) is 0 Å². The number of ketones is 1. The summed E-state index contributed by atoms with van der Waals surface area (Å²) in [5, 5.41) is 22.5. The fraction of sp³-hybridized carbons (Fsp3) is 0.967. The molecule has 5 aliphatic rings. The van der Waals surface area contributed by atoms with Gasteiger partial charge >= 0.3 is 0 Å². The molecule has 1 saturated heterocycles. The Morgan fingerprint density at radius 3 is 2.15 bits per heavy atom. The minimum Gasteiger partial charge on any atom is -0.393 e. The summed E-state index contributed by atoms with van der Waals surface area (Å²) in [4.78, 5) is 12.9. The van der Waals surface area contributed by atoms with Gasteiger partial charge in [0.05, 0.1) is 23.4 Å². The van der Waals surface area contributed by atoms with Crippen molar-refractivity contribution < 1.29 is 19.7 Å². The van der Waals surface area contributed by atoms with Crippen molar-refractivity contribution in [1.29, 1.82) is 0 Å². The SMILES string of the molecule is CC1(C)C(=O)CC[C@@]2(C)C1CC[C@]1(C)[C@@H]2CC(O)C2[C@@H]([C@]3(C)CC[C@H](C(C)(C)O)O3)CC[C@@]21C. The van der Waals surface area contributed by atoms with Crippen LogP contribution >= 0.6 is 0 Å². The van der Waals surface area contributed by atoms with Crippen LogP contribution in [0.3, 0.4) is 0 Å². The number of hydrogen-bond acceptors (Lipinski definition) is 4. The number of carbonyl (C=O) groups is 1. The third-order valence-corrected chi connectivity index (χ3v) is 13.0. The van der Waals surface area contributed by atoms with E-state index in [0.29, 0.717) is 30.0 Å². The monoisotopic (exact) mass is 474 g/mol. The molecule has 10 atom stereocenters. The molecule has 5 fully saturated rings. The van der Waals surface area contributed by atoms with Crippen molar-refractivity contribution in [3.05, 3.63) is 0 Å². The minimum atomic E-state index is -0.833. The molecule has 1 heterocycles. The molecular formula is C30H50O4. The predicted octanol–water partition coefficient (Wildman–Crippen LogP) is 5.92. The summed E-state index contributed by atoms with van der Waals surface area (Å²) >= 11 is 0. The van der Waals surface area contributed by atoms with E-state index >= 15 is 0 Å². The highest BCUT2D eigenvalue weighted by atomic mass is 16.5. The van der Waals surface area contributed by atoms with Crippen LogP contribution in [0.25, 0.3) is 0 Å². The van der Waals surface area contributed by atoms with Crippen LogP contribution in [0.5, 0.6) is 0 Å². The van der Waals surface area contributed by atoms with E-state index in [1.54, 1.807) is 0 Å². The summed E-state index contributed by atoms with van der Waals surface area (Å²) in [6.45, 7) is 17.8. The van der Waals surface area contributed by atoms with Crippen LogP contribution in [0, 0.1) is 45.3 Å². The lowest BCUT2D eigenvalue weighted by molar-refractivity contribution is -0.235. The van der Waals surface area contributed by atoms with E-state index in [4.69, 9.17) is 4.74 Å². The van der Waals surface area contributed by atoms with Crippen LogP contribution in [-0.4, -0.2) is 39.4 Å². The second-order valence-electron chi connectivity index (χ2n) is 15.2. The molecule has 4 nitrogen and oxygen atoms in total. The van der Waals surface area contributed by atoms with E-state index in [1.165, 1.54) is 0 Å². The molecule has 2 N–H and O–H groups in total. The smallest absolute Gasteiger partial charge is 0.138 e. The van der Waals surface area contributed by atoms with Gasteiger partial charge in [-0.25, -0.2) is 0 Å². The molecule has 34 heavy (non-hydrogen) atoms. The zero-order valence-electron chi connectivity index (χ0n) is 23.0. The number of carbonyl (C=O) groups excluding carboxylic acids is 1. The molecule has 0 aromatic carbocycles. The number of ether oxygens (including phenoxy) is 1. The van der Waals surface area contributed by atoms with Gasteiger partial charge in [0.2, 0.25) is 0 Å². The third kappa shape index (κ3) is 3.09. The molecule has 4 saturated carbocycles. The van der Waals surface area contributed by atoms with Gasteiger partial charge in [0.25, 0.3) is 0 Å². The van der Waals surface area contributed by atoms with E-state index in [0.717, 1.165) is 51.4 Å². The summed E-state index contributed by atoms with van der Waals surface area (Å²) in [5.74, 6) is 1.85. The molecule has 3 unspecified atom stereocenters.